The van der Waals surface area contributed by atoms with Gasteiger partial charge in [-0.3, -0.25) is 4.79 Å². The van der Waals surface area contributed by atoms with Crippen molar-refractivity contribution in [1.82, 2.24) is 4.72 Å². The molecular formula is C16H22N2O4S. The number of rotatable bonds is 5. The van der Waals surface area contributed by atoms with Crippen LogP contribution in [0.15, 0.2) is 23.1 Å². The molecule has 23 heavy (non-hydrogen) atoms. The van der Waals surface area contributed by atoms with Crippen LogP contribution in [0.1, 0.15) is 31.2 Å². The summed E-state index contributed by atoms with van der Waals surface area (Å²) < 4.78 is 33.0. The monoisotopic (exact) mass is 338 g/mol. The summed E-state index contributed by atoms with van der Waals surface area (Å²) in [5, 5.41) is 0. The fourth-order valence-corrected chi connectivity index (χ4v) is 4.40. The summed E-state index contributed by atoms with van der Waals surface area (Å²) >= 11 is 0. The van der Waals surface area contributed by atoms with Crippen LogP contribution >= 0.6 is 0 Å². The van der Waals surface area contributed by atoms with E-state index in [0.717, 1.165) is 24.9 Å². The normalized spacial score (nSPS) is 22.0. The van der Waals surface area contributed by atoms with Gasteiger partial charge in [0.2, 0.25) is 15.9 Å². The molecule has 1 amide bonds. The maximum absolute atomic E-state index is 12.5. The number of benzene rings is 1. The minimum atomic E-state index is -3.57. The SMILES string of the molecule is Cc1cc(N2CCCC2=O)ccc1S(=O)(=O)NCC1CCCO1. The number of sulfonamides is 1. The highest BCUT2D eigenvalue weighted by Gasteiger charge is 2.25. The molecule has 0 spiro atoms. The standard InChI is InChI=1S/C16H22N2O4S/c1-12-10-13(18-8-2-5-16(18)19)6-7-15(12)23(20,21)17-11-14-4-3-9-22-14/h6-7,10,14,17H,2-5,8-9,11H2,1H3. The highest BCUT2D eigenvalue weighted by Crippen LogP contribution is 2.26. The van der Waals surface area contributed by atoms with Gasteiger partial charge in [-0.2, -0.15) is 0 Å². The van der Waals surface area contributed by atoms with E-state index in [1.165, 1.54) is 0 Å². The number of nitrogens with zero attached hydrogens (tertiary/aromatic N) is 1. The van der Waals surface area contributed by atoms with E-state index in [1.807, 2.05) is 0 Å². The van der Waals surface area contributed by atoms with Crippen molar-refractivity contribution in [1.29, 1.82) is 0 Å². The zero-order valence-corrected chi connectivity index (χ0v) is 14.1. The molecule has 7 heteroatoms. The Balaban J connectivity index is 1.75. The van der Waals surface area contributed by atoms with Gasteiger partial charge in [-0.15, -0.1) is 0 Å². The second kappa shape index (κ2) is 6.59. The largest absolute Gasteiger partial charge is 0.377 e. The van der Waals surface area contributed by atoms with E-state index < -0.39 is 10.0 Å². The molecular weight excluding hydrogens is 316 g/mol. The summed E-state index contributed by atoms with van der Waals surface area (Å²) in [6.07, 6.45) is 3.23. The quantitative estimate of drug-likeness (QED) is 0.884. The summed E-state index contributed by atoms with van der Waals surface area (Å²) in [4.78, 5) is 13.8. The molecule has 0 aromatic heterocycles. The summed E-state index contributed by atoms with van der Waals surface area (Å²) in [5.41, 5.74) is 1.41. The number of aryl methyl sites for hydroxylation is 1. The number of hydrogen-bond donors (Lipinski definition) is 1. The van der Waals surface area contributed by atoms with Gasteiger partial charge in [0, 0.05) is 31.8 Å². The number of hydrogen-bond acceptors (Lipinski definition) is 4. The van der Waals surface area contributed by atoms with E-state index >= 15 is 0 Å². The molecule has 126 valence electrons. The van der Waals surface area contributed by atoms with Crippen LogP contribution in [-0.4, -0.2) is 40.1 Å². The van der Waals surface area contributed by atoms with Crippen molar-refractivity contribution in [3.05, 3.63) is 23.8 Å². The molecule has 1 aromatic carbocycles. The molecule has 2 aliphatic rings. The first-order valence-corrected chi connectivity index (χ1v) is 9.48. The van der Waals surface area contributed by atoms with Gasteiger partial charge in [0.25, 0.3) is 0 Å². The molecule has 6 nitrogen and oxygen atoms in total. The Morgan fingerprint density at radius 3 is 2.78 bits per heavy atom. The minimum Gasteiger partial charge on any atom is -0.377 e. The lowest BCUT2D eigenvalue weighted by Gasteiger charge is -2.18. The number of carbonyl (C=O) groups excluding carboxylic acids is 1. The molecule has 3 rings (SSSR count). The Bertz CT molecular complexity index is 696. The van der Waals surface area contributed by atoms with Crippen LogP contribution in [0.3, 0.4) is 0 Å². The van der Waals surface area contributed by atoms with Gasteiger partial charge in [0.15, 0.2) is 0 Å². The van der Waals surface area contributed by atoms with E-state index in [0.29, 0.717) is 31.7 Å². The molecule has 1 aromatic rings. The van der Waals surface area contributed by atoms with Crippen molar-refractivity contribution in [3.63, 3.8) is 0 Å². The molecule has 1 unspecified atom stereocenters. The average molecular weight is 338 g/mol. The van der Waals surface area contributed by atoms with E-state index in [-0.39, 0.29) is 16.9 Å². The van der Waals surface area contributed by atoms with Crippen LogP contribution in [0.5, 0.6) is 0 Å². The lowest BCUT2D eigenvalue weighted by molar-refractivity contribution is -0.117. The Kier molecular flexibility index (Phi) is 4.70. The zero-order chi connectivity index (χ0) is 16.4. The first-order chi connectivity index (χ1) is 11.0. The first kappa shape index (κ1) is 16.4. The summed E-state index contributed by atoms with van der Waals surface area (Å²) in [6.45, 7) is 3.45. The van der Waals surface area contributed by atoms with Gasteiger partial charge >= 0.3 is 0 Å². The number of carbonyl (C=O) groups is 1. The predicted molar refractivity (Wildman–Crippen MR) is 86.9 cm³/mol. The Hall–Kier alpha value is -1.44. The van der Waals surface area contributed by atoms with E-state index in [2.05, 4.69) is 4.72 Å². The van der Waals surface area contributed by atoms with Crippen molar-refractivity contribution >= 4 is 21.6 Å². The molecule has 0 bridgehead atoms. The van der Waals surface area contributed by atoms with Crippen LogP contribution in [0, 0.1) is 6.92 Å². The second-order valence-electron chi connectivity index (χ2n) is 6.09. The van der Waals surface area contributed by atoms with Crippen molar-refractivity contribution in [3.8, 4) is 0 Å². The molecule has 2 heterocycles. The number of anilines is 1. The lowest BCUT2D eigenvalue weighted by Crippen LogP contribution is -2.32. The average Bonchev–Trinajstić information content (AvgIpc) is 3.16. The van der Waals surface area contributed by atoms with Crippen molar-refractivity contribution in [2.45, 2.75) is 43.6 Å². The smallest absolute Gasteiger partial charge is 0.240 e. The Morgan fingerprint density at radius 1 is 1.35 bits per heavy atom. The molecule has 1 atom stereocenters. The van der Waals surface area contributed by atoms with Crippen molar-refractivity contribution in [2.24, 2.45) is 0 Å². The molecule has 2 aliphatic heterocycles. The fourth-order valence-electron chi connectivity index (χ4n) is 3.11. The third-order valence-electron chi connectivity index (χ3n) is 4.36. The Labute approximate surface area is 136 Å². The summed E-state index contributed by atoms with van der Waals surface area (Å²) in [5.74, 6) is 0.0940. The number of ether oxygens (including phenoxy) is 1. The van der Waals surface area contributed by atoms with Crippen molar-refractivity contribution in [2.75, 3.05) is 24.6 Å². The van der Waals surface area contributed by atoms with E-state index in [9.17, 15) is 13.2 Å². The van der Waals surface area contributed by atoms with Gasteiger partial charge in [0.1, 0.15) is 0 Å². The van der Waals surface area contributed by atoms with E-state index in [4.69, 9.17) is 4.74 Å². The van der Waals surface area contributed by atoms with Gasteiger partial charge in [-0.05, 0) is 49.9 Å². The third-order valence-corrected chi connectivity index (χ3v) is 5.94. The van der Waals surface area contributed by atoms with Gasteiger partial charge in [0.05, 0.1) is 11.0 Å². The van der Waals surface area contributed by atoms with Crippen LogP contribution in [0.4, 0.5) is 5.69 Å². The maximum Gasteiger partial charge on any atom is 0.240 e. The predicted octanol–water partition coefficient (Wildman–Crippen LogP) is 1.58. The van der Waals surface area contributed by atoms with E-state index in [1.54, 1.807) is 30.0 Å². The molecule has 0 aliphatic carbocycles. The second-order valence-corrected chi connectivity index (χ2v) is 7.82. The van der Waals surface area contributed by atoms with Crippen LogP contribution in [0.25, 0.3) is 0 Å². The van der Waals surface area contributed by atoms with Gasteiger partial charge in [-0.1, -0.05) is 0 Å². The van der Waals surface area contributed by atoms with Crippen LogP contribution in [0.2, 0.25) is 0 Å². The number of amides is 1. The van der Waals surface area contributed by atoms with Gasteiger partial charge < -0.3 is 9.64 Å². The molecule has 2 fully saturated rings. The molecule has 2 saturated heterocycles. The van der Waals surface area contributed by atoms with Crippen LogP contribution in [-0.2, 0) is 19.6 Å². The lowest BCUT2D eigenvalue weighted by atomic mass is 10.2. The fraction of sp³-hybridized carbons (Fsp3) is 0.562. The topological polar surface area (TPSA) is 75.7 Å². The van der Waals surface area contributed by atoms with Crippen LogP contribution < -0.4 is 9.62 Å². The highest BCUT2D eigenvalue weighted by atomic mass is 32.2. The highest BCUT2D eigenvalue weighted by molar-refractivity contribution is 7.89. The first-order valence-electron chi connectivity index (χ1n) is 8.00. The van der Waals surface area contributed by atoms with Crippen molar-refractivity contribution < 1.29 is 17.9 Å². The van der Waals surface area contributed by atoms with Gasteiger partial charge in [-0.25, -0.2) is 13.1 Å². The maximum atomic E-state index is 12.5. The Morgan fingerprint density at radius 2 is 2.17 bits per heavy atom. The summed E-state index contributed by atoms with van der Waals surface area (Å²) in [7, 11) is -3.57. The number of nitrogens with one attached hydrogen (secondary N) is 1. The molecule has 1 N–H and O–H groups in total. The molecule has 0 radical (unpaired) electrons. The summed E-state index contributed by atoms with van der Waals surface area (Å²) in [6, 6.07) is 5.05. The minimum absolute atomic E-state index is 0.0356. The molecule has 0 saturated carbocycles. The third kappa shape index (κ3) is 3.57. The zero-order valence-electron chi connectivity index (χ0n) is 13.2.